The third kappa shape index (κ3) is 4.02. The second-order valence-corrected chi connectivity index (χ2v) is 7.72. The third-order valence-corrected chi connectivity index (χ3v) is 5.62. The van der Waals surface area contributed by atoms with Crippen molar-refractivity contribution in [3.8, 4) is 22.9 Å². The topological polar surface area (TPSA) is 89.2 Å². The van der Waals surface area contributed by atoms with Gasteiger partial charge in [0, 0.05) is 31.3 Å². The molecule has 33 heavy (non-hydrogen) atoms. The van der Waals surface area contributed by atoms with E-state index in [4.69, 9.17) is 10.5 Å². The highest BCUT2D eigenvalue weighted by atomic mass is 16.5. The Morgan fingerprint density at radius 3 is 2.73 bits per heavy atom. The number of fused-ring (bicyclic) bond motifs is 1. The Labute approximate surface area is 192 Å². The van der Waals surface area contributed by atoms with Gasteiger partial charge in [0.1, 0.15) is 11.9 Å². The molecule has 7 nitrogen and oxygen atoms in total. The minimum Gasteiger partial charge on any atom is -0.438 e. The highest BCUT2D eigenvalue weighted by Crippen LogP contribution is 2.36. The standard InChI is InChI=1S/C26H24N6O/c1-17-16-19(32-15-12-18-6-3-4-7-20(18)24(32)27)9-10-23(17)33-25-21(8-5-13-29-25)22-11-14-30-26(28-2)31-22/h3-16,24H,27H2,1-2H3,(H,28,30,31). The molecule has 2 aromatic carbocycles. The van der Waals surface area contributed by atoms with Crippen molar-refractivity contribution in [1.82, 2.24) is 15.0 Å². The first-order valence-electron chi connectivity index (χ1n) is 10.7. The molecule has 0 bridgehead atoms. The van der Waals surface area contributed by atoms with E-state index >= 15 is 0 Å². The molecule has 0 aliphatic carbocycles. The van der Waals surface area contributed by atoms with Gasteiger partial charge >= 0.3 is 0 Å². The average molecular weight is 437 g/mol. The van der Waals surface area contributed by atoms with Crippen LogP contribution < -0.4 is 20.7 Å². The minimum atomic E-state index is -0.251. The summed E-state index contributed by atoms with van der Waals surface area (Å²) in [7, 11) is 1.78. The lowest BCUT2D eigenvalue weighted by Gasteiger charge is -2.32. The van der Waals surface area contributed by atoms with Gasteiger partial charge in [-0.15, -0.1) is 0 Å². The molecule has 1 unspecified atom stereocenters. The van der Waals surface area contributed by atoms with Crippen LogP contribution in [0.1, 0.15) is 22.9 Å². The van der Waals surface area contributed by atoms with E-state index in [2.05, 4.69) is 49.4 Å². The number of aromatic nitrogens is 3. The maximum absolute atomic E-state index is 6.56. The first-order chi connectivity index (χ1) is 16.1. The van der Waals surface area contributed by atoms with Gasteiger partial charge in [0.05, 0.1) is 11.3 Å². The summed E-state index contributed by atoms with van der Waals surface area (Å²) >= 11 is 0. The van der Waals surface area contributed by atoms with Crippen molar-refractivity contribution in [2.24, 2.45) is 5.73 Å². The van der Waals surface area contributed by atoms with Crippen molar-refractivity contribution in [3.63, 3.8) is 0 Å². The van der Waals surface area contributed by atoms with E-state index in [1.165, 1.54) is 0 Å². The van der Waals surface area contributed by atoms with E-state index < -0.39 is 0 Å². The number of aryl methyl sites for hydroxylation is 1. The second-order valence-electron chi connectivity index (χ2n) is 7.72. The Bertz CT molecular complexity index is 1340. The largest absolute Gasteiger partial charge is 0.438 e. The number of pyridine rings is 1. The van der Waals surface area contributed by atoms with Gasteiger partial charge in [0.25, 0.3) is 0 Å². The van der Waals surface area contributed by atoms with Gasteiger partial charge in [-0.3, -0.25) is 0 Å². The average Bonchev–Trinajstić information content (AvgIpc) is 2.86. The molecule has 0 saturated carbocycles. The molecule has 5 rings (SSSR count). The molecule has 0 saturated heterocycles. The van der Waals surface area contributed by atoms with Crippen molar-refractivity contribution in [2.75, 3.05) is 17.3 Å². The summed E-state index contributed by atoms with van der Waals surface area (Å²) in [4.78, 5) is 15.2. The first-order valence-corrected chi connectivity index (χ1v) is 10.7. The summed E-state index contributed by atoms with van der Waals surface area (Å²) in [5, 5.41) is 2.96. The first kappa shape index (κ1) is 20.7. The number of hydrogen-bond acceptors (Lipinski definition) is 7. The Morgan fingerprint density at radius 2 is 1.88 bits per heavy atom. The fourth-order valence-electron chi connectivity index (χ4n) is 3.89. The van der Waals surface area contributed by atoms with Crippen molar-refractivity contribution in [2.45, 2.75) is 13.1 Å². The fraction of sp³-hybridized carbons (Fsp3) is 0.115. The maximum atomic E-state index is 6.56. The highest BCUT2D eigenvalue weighted by molar-refractivity contribution is 5.68. The molecule has 4 aromatic rings. The summed E-state index contributed by atoms with van der Waals surface area (Å²) in [6.45, 7) is 2.01. The van der Waals surface area contributed by atoms with Gasteiger partial charge in [0.2, 0.25) is 11.8 Å². The van der Waals surface area contributed by atoms with E-state index in [-0.39, 0.29) is 6.17 Å². The minimum absolute atomic E-state index is 0.251. The molecule has 0 radical (unpaired) electrons. The Morgan fingerprint density at radius 1 is 1.00 bits per heavy atom. The van der Waals surface area contributed by atoms with Gasteiger partial charge in [-0.25, -0.2) is 15.0 Å². The van der Waals surface area contributed by atoms with Crippen LogP contribution in [0.4, 0.5) is 11.6 Å². The van der Waals surface area contributed by atoms with E-state index in [1.54, 1.807) is 19.4 Å². The lowest BCUT2D eigenvalue weighted by molar-refractivity contribution is 0.461. The zero-order valence-electron chi connectivity index (χ0n) is 18.4. The van der Waals surface area contributed by atoms with Crippen LogP contribution in [0.15, 0.2) is 79.3 Å². The summed E-state index contributed by atoms with van der Waals surface area (Å²) in [5.41, 5.74) is 12.3. The van der Waals surface area contributed by atoms with Crippen LogP contribution in [0.25, 0.3) is 17.3 Å². The molecule has 3 N–H and O–H groups in total. The van der Waals surface area contributed by atoms with E-state index in [1.807, 2.05) is 55.6 Å². The van der Waals surface area contributed by atoms with E-state index in [9.17, 15) is 0 Å². The Hall–Kier alpha value is -4.23. The normalized spacial score (nSPS) is 14.6. The number of hydrogen-bond donors (Lipinski definition) is 2. The molecular formula is C26H24N6O. The maximum Gasteiger partial charge on any atom is 0.228 e. The molecule has 1 atom stereocenters. The van der Waals surface area contributed by atoms with Crippen LogP contribution >= 0.6 is 0 Å². The summed E-state index contributed by atoms with van der Waals surface area (Å²) in [5.74, 6) is 1.74. The van der Waals surface area contributed by atoms with Crippen LogP contribution in [0, 0.1) is 6.92 Å². The zero-order chi connectivity index (χ0) is 22.8. The quantitative estimate of drug-likeness (QED) is 0.448. The van der Waals surface area contributed by atoms with E-state index in [0.717, 1.165) is 39.4 Å². The summed E-state index contributed by atoms with van der Waals surface area (Å²) in [6, 6.07) is 19.8. The van der Waals surface area contributed by atoms with Crippen LogP contribution in [0.5, 0.6) is 11.6 Å². The van der Waals surface area contributed by atoms with Crippen LogP contribution in [0.2, 0.25) is 0 Å². The van der Waals surface area contributed by atoms with E-state index in [0.29, 0.717) is 11.8 Å². The molecular weight excluding hydrogens is 412 g/mol. The third-order valence-electron chi connectivity index (χ3n) is 5.62. The van der Waals surface area contributed by atoms with Gasteiger partial charge in [-0.05, 0) is 66.1 Å². The highest BCUT2D eigenvalue weighted by Gasteiger charge is 2.21. The molecule has 7 heteroatoms. The van der Waals surface area contributed by atoms with Crippen molar-refractivity contribution >= 4 is 17.7 Å². The molecule has 2 aromatic heterocycles. The lowest BCUT2D eigenvalue weighted by atomic mass is 10.0. The SMILES string of the molecule is CNc1nccc(-c2cccnc2Oc2ccc(N3C=Cc4ccccc4C3N)cc2C)n1. The van der Waals surface area contributed by atoms with Crippen LogP contribution in [-0.4, -0.2) is 22.0 Å². The number of benzene rings is 2. The summed E-state index contributed by atoms with van der Waals surface area (Å²) < 4.78 is 6.23. The number of nitrogens with one attached hydrogen (secondary N) is 1. The number of rotatable bonds is 5. The van der Waals surface area contributed by atoms with Crippen molar-refractivity contribution < 1.29 is 4.74 Å². The molecule has 1 aliphatic rings. The predicted molar refractivity (Wildman–Crippen MR) is 131 cm³/mol. The van der Waals surface area contributed by atoms with Crippen LogP contribution in [0.3, 0.4) is 0 Å². The van der Waals surface area contributed by atoms with Crippen LogP contribution in [-0.2, 0) is 0 Å². The molecule has 1 aliphatic heterocycles. The van der Waals surface area contributed by atoms with Gasteiger partial charge in [-0.2, -0.15) is 0 Å². The molecule has 164 valence electrons. The molecule has 0 spiro atoms. The monoisotopic (exact) mass is 436 g/mol. The van der Waals surface area contributed by atoms with Crippen molar-refractivity contribution in [1.29, 1.82) is 0 Å². The number of ether oxygens (including phenoxy) is 1. The van der Waals surface area contributed by atoms with Gasteiger partial charge in [0.15, 0.2) is 0 Å². The lowest BCUT2D eigenvalue weighted by Crippen LogP contribution is -2.32. The second kappa shape index (κ2) is 8.72. The molecule has 0 fully saturated rings. The predicted octanol–water partition coefficient (Wildman–Crippen LogP) is 5.13. The number of nitrogens with two attached hydrogens (primary N) is 1. The van der Waals surface area contributed by atoms with Crippen molar-refractivity contribution in [3.05, 3.63) is 95.9 Å². The molecule has 0 amide bonds. The van der Waals surface area contributed by atoms with Gasteiger partial charge < -0.3 is 20.7 Å². The van der Waals surface area contributed by atoms with Gasteiger partial charge in [-0.1, -0.05) is 24.3 Å². The summed E-state index contributed by atoms with van der Waals surface area (Å²) in [6.07, 6.45) is 7.27. The molecule has 3 heterocycles. The Kier molecular flexibility index (Phi) is 5.46. The fourth-order valence-corrected chi connectivity index (χ4v) is 3.89. The number of anilines is 2. The zero-order valence-corrected chi connectivity index (χ0v) is 18.4. The number of nitrogens with zero attached hydrogens (tertiary/aromatic N) is 4. The Balaban J connectivity index is 1.43. The smallest absolute Gasteiger partial charge is 0.228 e.